The normalized spacial score (nSPS) is 24.6. The number of ether oxygens (including phenoxy) is 2. The largest absolute Gasteiger partial charge is 0.458 e. The highest BCUT2D eigenvalue weighted by molar-refractivity contribution is 5.87. The van der Waals surface area contributed by atoms with E-state index in [0.717, 1.165) is 32.5 Å². The Morgan fingerprint density at radius 3 is 1.97 bits per heavy atom. The van der Waals surface area contributed by atoms with E-state index in [9.17, 15) is 4.79 Å². The molecule has 0 aliphatic heterocycles. The van der Waals surface area contributed by atoms with Gasteiger partial charge in [-0.25, -0.2) is 4.79 Å². The van der Waals surface area contributed by atoms with E-state index in [1.54, 1.807) is 6.92 Å². The van der Waals surface area contributed by atoms with Gasteiger partial charge in [0.15, 0.2) is 0 Å². The molecule has 2 saturated carbocycles. The lowest BCUT2D eigenvalue weighted by Crippen LogP contribution is -2.38. The summed E-state index contributed by atoms with van der Waals surface area (Å²) in [6.45, 7) is 9.35. The van der Waals surface area contributed by atoms with Gasteiger partial charge < -0.3 is 9.47 Å². The van der Waals surface area contributed by atoms with Gasteiger partial charge in [-0.3, -0.25) is 0 Å². The Morgan fingerprint density at radius 1 is 0.903 bits per heavy atom. The van der Waals surface area contributed by atoms with Gasteiger partial charge in [-0.2, -0.15) is 0 Å². The second-order valence-corrected chi connectivity index (χ2v) is 10.5. The molecule has 3 nitrogen and oxygen atoms in total. The predicted octanol–water partition coefficient (Wildman–Crippen LogP) is 8.16. The Hall–Kier alpha value is -0.830. The first-order valence-corrected chi connectivity index (χ1v) is 13.5. The van der Waals surface area contributed by atoms with E-state index in [4.69, 9.17) is 9.47 Å². The quantitative estimate of drug-likeness (QED) is 0.117. The zero-order valence-electron chi connectivity index (χ0n) is 20.7. The van der Waals surface area contributed by atoms with Crippen LogP contribution in [0.15, 0.2) is 12.2 Å². The molecule has 0 amide bonds. The van der Waals surface area contributed by atoms with Crippen molar-refractivity contribution in [2.45, 2.75) is 136 Å². The molecule has 3 atom stereocenters. The Labute approximate surface area is 192 Å². The van der Waals surface area contributed by atoms with Gasteiger partial charge in [0.1, 0.15) is 6.10 Å². The van der Waals surface area contributed by atoms with Crippen molar-refractivity contribution in [3.05, 3.63) is 12.2 Å². The number of esters is 1. The first-order chi connectivity index (χ1) is 15.1. The van der Waals surface area contributed by atoms with E-state index < -0.39 is 0 Å². The summed E-state index contributed by atoms with van der Waals surface area (Å²) < 4.78 is 11.9. The molecule has 0 N–H and O–H groups in total. The van der Waals surface area contributed by atoms with Crippen molar-refractivity contribution >= 4 is 5.97 Å². The van der Waals surface area contributed by atoms with Gasteiger partial charge in [0.2, 0.25) is 0 Å². The lowest BCUT2D eigenvalue weighted by Gasteiger charge is -2.34. The fourth-order valence-corrected chi connectivity index (χ4v) is 5.62. The van der Waals surface area contributed by atoms with E-state index in [1.807, 2.05) is 0 Å². The second kappa shape index (κ2) is 15.1. The second-order valence-electron chi connectivity index (χ2n) is 10.5. The third-order valence-electron chi connectivity index (χ3n) is 7.61. The highest BCUT2D eigenvalue weighted by Crippen LogP contribution is 2.55. The van der Waals surface area contributed by atoms with Crippen LogP contribution in [0.25, 0.3) is 0 Å². The Morgan fingerprint density at radius 2 is 1.45 bits per heavy atom. The van der Waals surface area contributed by atoms with Crippen LogP contribution >= 0.6 is 0 Å². The number of carbonyl (C=O) groups excluding carboxylic acids is 1. The summed E-state index contributed by atoms with van der Waals surface area (Å²) in [7, 11) is 0. The van der Waals surface area contributed by atoms with Crippen molar-refractivity contribution in [1.29, 1.82) is 0 Å². The van der Waals surface area contributed by atoms with Crippen molar-refractivity contribution < 1.29 is 14.3 Å². The molecule has 180 valence electrons. The lowest BCUT2D eigenvalue weighted by atomic mass is 9.82. The van der Waals surface area contributed by atoms with Crippen LogP contribution in [0.4, 0.5) is 0 Å². The van der Waals surface area contributed by atoms with E-state index in [1.165, 1.54) is 96.3 Å². The summed E-state index contributed by atoms with van der Waals surface area (Å²) in [5.41, 5.74) is 0.576. The van der Waals surface area contributed by atoms with Crippen molar-refractivity contribution in [2.75, 3.05) is 13.2 Å². The summed E-state index contributed by atoms with van der Waals surface area (Å²) >= 11 is 0. The Kier molecular flexibility index (Phi) is 12.9. The third-order valence-corrected chi connectivity index (χ3v) is 7.61. The minimum atomic E-state index is -0.233. The van der Waals surface area contributed by atoms with E-state index >= 15 is 0 Å². The number of carbonyl (C=O) groups is 1. The van der Waals surface area contributed by atoms with Gasteiger partial charge in [0, 0.05) is 17.6 Å². The molecule has 0 radical (unpaired) electrons. The molecule has 2 rings (SSSR count). The minimum absolute atomic E-state index is 0.0341. The van der Waals surface area contributed by atoms with Crippen LogP contribution in [0, 0.1) is 11.3 Å². The molecule has 0 aromatic carbocycles. The van der Waals surface area contributed by atoms with Crippen LogP contribution in [0.5, 0.6) is 0 Å². The van der Waals surface area contributed by atoms with Crippen LogP contribution in [-0.2, 0) is 14.3 Å². The average Bonchev–Trinajstić information content (AvgIpc) is 3.31. The highest BCUT2D eigenvalue weighted by Gasteiger charge is 2.54. The Balaban J connectivity index is 1.41. The fraction of sp³-hybridized carbons (Fsp3) is 0.893. The molecule has 2 fully saturated rings. The van der Waals surface area contributed by atoms with Crippen LogP contribution < -0.4 is 0 Å². The molecule has 31 heavy (non-hydrogen) atoms. The van der Waals surface area contributed by atoms with Crippen LogP contribution in [0.2, 0.25) is 0 Å². The number of hydrogen-bond acceptors (Lipinski definition) is 3. The molecule has 2 aliphatic carbocycles. The summed E-state index contributed by atoms with van der Waals surface area (Å²) in [5.74, 6) is 0.483. The van der Waals surface area contributed by atoms with Crippen molar-refractivity contribution in [3.63, 3.8) is 0 Å². The molecule has 0 heterocycles. The maximum atomic E-state index is 12.0. The Bertz CT molecular complexity index is 514. The van der Waals surface area contributed by atoms with Crippen LogP contribution in [-0.4, -0.2) is 25.3 Å². The molecule has 2 bridgehead atoms. The number of unbranched alkanes of at least 4 members (excludes halogenated alkanes) is 13. The molecule has 3 heteroatoms. The zero-order valence-corrected chi connectivity index (χ0v) is 20.7. The molecular formula is C28H50O3. The lowest BCUT2D eigenvalue weighted by molar-refractivity contribution is -0.153. The summed E-state index contributed by atoms with van der Waals surface area (Å²) in [5, 5.41) is 0. The summed E-state index contributed by atoms with van der Waals surface area (Å²) in [4.78, 5) is 12.0. The van der Waals surface area contributed by atoms with Crippen LogP contribution in [0.3, 0.4) is 0 Å². The predicted molar refractivity (Wildman–Crippen MR) is 130 cm³/mol. The molecule has 0 saturated heterocycles. The molecule has 2 aliphatic rings. The minimum Gasteiger partial charge on any atom is -0.458 e. The average molecular weight is 435 g/mol. The van der Waals surface area contributed by atoms with Gasteiger partial charge >= 0.3 is 5.97 Å². The molecule has 0 aromatic heterocycles. The third kappa shape index (κ3) is 9.68. The first kappa shape index (κ1) is 26.4. The van der Waals surface area contributed by atoms with E-state index in [-0.39, 0.29) is 17.5 Å². The summed E-state index contributed by atoms with van der Waals surface area (Å²) in [6, 6.07) is 0. The van der Waals surface area contributed by atoms with Gasteiger partial charge in [-0.05, 0) is 44.9 Å². The SMILES string of the molecule is C=C(C)C(=O)OC1CC2CCC1(COCCCCCCCCCCCCCCCC)C2. The number of rotatable bonds is 19. The molecule has 0 spiro atoms. The number of fused-ring (bicyclic) bond motifs is 2. The van der Waals surface area contributed by atoms with E-state index in [0.29, 0.717) is 11.5 Å². The van der Waals surface area contributed by atoms with Gasteiger partial charge in [-0.1, -0.05) is 97.0 Å². The van der Waals surface area contributed by atoms with Crippen LogP contribution in [0.1, 0.15) is 129 Å². The summed E-state index contributed by atoms with van der Waals surface area (Å²) in [6.07, 6.45) is 24.0. The van der Waals surface area contributed by atoms with E-state index in [2.05, 4.69) is 13.5 Å². The van der Waals surface area contributed by atoms with Crippen molar-refractivity contribution in [3.8, 4) is 0 Å². The smallest absolute Gasteiger partial charge is 0.333 e. The maximum absolute atomic E-state index is 12.0. The monoisotopic (exact) mass is 434 g/mol. The molecule has 0 aromatic rings. The molecule has 3 unspecified atom stereocenters. The first-order valence-electron chi connectivity index (χ1n) is 13.5. The topological polar surface area (TPSA) is 35.5 Å². The van der Waals surface area contributed by atoms with Gasteiger partial charge in [0.05, 0.1) is 6.61 Å². The highest BCUT2D eigenvalue weighted by atomic mass is 16.5. The number of hydrogen-bond donors (Lipinski definition) is 0. The van der Waals surface area contributed by atoms with Crippen molar-refractivity contribution in [2.24, 2.45) is 11.3 Å². The molecular weight excluding hydrogens is 384 g/mol. The van der Waals surface area contributed by atoms with Crippen molar-refractivity contribution in [1.82, 2.24) is 0 Å². The van der Waals surface area contributed by atoms with Gasteiger partial charge in [0.25, 0.3) is 0 Å². The maximum Gasteiger partial charge on any atom is 0.333 e. The fourth-order valence-electron chi connectivity index (χ4n) is 5.62. The van der Waals surface area contributed by atoms with Gasteiger partial charge in [-0.15, -0.1) is 0 Å². The standard InChI is InChI=1S/C28H50O3/c1-4-5-6-7-8-9-10-11-12-13-14-15-16-17-20-30-23-28-19-18-25(22-28)21-26(28)31-27(29)24(2)3/h25-26H,2,4-23H2,1,3H3. The zero-order chi connectivity index (χ0) is 22.4.